The lowest BCUT2D eigenvalue weighted by Crippen LogP contribution is -2.69. The van der Waals surface area contributed by atoms with Crippen molar-refractivity contribution in [3.8, 4) is 0 Å². The fraction of sp³-hybridized carbons (Fsp3) is 0.778. The van der Waals surface area contributed by atoms with Gasteiger partial charge in [-0.2, -0.15) is 0 Å². The third kappa shape index (κ3) is 22.2. The minimum atomic E-state index is -1.23. The van der Waals surface area contributed by atoms with Crippen molar-refractivity contribution in [2.24, 2.45) is 40.9 Å². The van der Waals surface area contributed by atoms with E-state index < -0.39 is 102 Å². The number of quaternary nitrogens is 1. The molecule has 0 spiro atoms. The van der Waals surface area contributed by atoms with Crippen LogP contribution in [0.2, 0.25) is 0 Å². The van der Waals surface area contributed by atoms with E-state index in [0.29, 0.717) is 19.4 Å². The van der Waals surface area contributed by atoms with Gasteiger partial charge in [0.25, 0.3) is 5.91 Å². The summed E-state index contributed by atoms with van der Waals surface area (Å²) in [5.41, 5.74) is 20.1. The first kappa shape index (κ1) is 51.6. The average Bonchev–Trinajstić information content (AvgIpc) is 3.07. The van der Waals surface area contributed by atoms with Gasteiger partial charge < -0.3 is 59.9 Å². The molecule has 0 unspecified atom stereocenters. The fourth-order valence-electron chi connectivity index (χ4n) is 5.55. The lowest BCUT2D eigenvalue weighted by atomic mass is 9.98. The van der Waals surface area contributed by atoms with Crippen LogP contribution in [0.3, 0.4) is 0 Å². The van der Waals surface area contributed by atoms with Gasteiger partial charge in [-0.1, -0.05) is 55.4 Å². The largest absolute Gasteiger partial charge is 0.480 e. The molecule has 20 nitrogen and oxygen atoms in total. The zero-order chi connectivity index (χ0) is 43.3. The molecule has 0 aliphatic carbocycles. The van der Waals surface area contributed by atoms with Crippen LogP contribution in [0.25, 0.3) is 0 Å². The number of aliphatic carboxylic acids is 1. The van der Waals surface area contributed by atoms with Crippen molar-refractivity contribution in [2.75, 3.05) is 13.1 Å². The second-order valence-corrected chi connectivity index (χ2v) is 15.8. The number of carboxylic acid groups (broad SMARTS) is 1. The number of amides is 7. The van der Waals surface area contributed by atoms with Crippen molar-refractivity contribution in [3.63, 3.8) is 0 Å². The van der Waals surface area contributed by atoms with E-state index in [1.54, 1.807) is 13.8 Å². The molecule has 56 heavy (non-hydrogen) atoms. The normalized spacial score (nSPS) is 14.7. The number of primary amides is 1. The van der Waals surface area contributed by atoms with E-state index in [9.17, 15) is 43.5 Å². The molecule has 0 fully saturated rings. The Morgan fingerprint density at radius 3 is 1.57 bits per heavy atom. The third-order valence-corrected chi connectivity index (χ3v) is 8.48. The molecule has 20 heteroatoms. The smallest absolute Gasteiger partial charge is 0.326 e. The Morgan fingerprint density at radius 1 is 0.607 bits per heavy atom. The molecule has 322 valence electrons. The Bertz CT molecular complexity index is 1310. The van der Waals surface area contributed by atoms with Crippen LogP contribution >= 0.6 is 0 Å². The second-order valence-electron chi connectivity index (χ2n) is 15.8. The molecule has 0 aromatic heterocycles. The van der Waals surface area contributed by atoms with Crippen molar-refractivity contribution >= 4 is 47.3 Å². The van der Waals surface area contributed by atoms with Crippen LogP contribution in [0.5, 0.6) is 0 Å². The van der Waals surface area contributed by atoms with Crippen LogP contribution in [0.15, 0.2) is 0 Å². The maximum atomic E-state index is 13.8. The number of nitrogens with two attached hydrogens (primary N) is 3. The predicted octanol–water partition coefficient (Wildman–Crippen LogP) is -3.15. The van der Waals surface area contributed by atoms with E-state index in [1.165, 1.54) is 0 Å². The highest BCUT2D eigenvalue weighted by molar-refractivity contribution is 5.96. The van der Waals surface area contributed by atoms with Gasteiger partial charge in [-0.05, 0) is 62.3 Å². The molecule has 0 radical (unpaired) electrons. The molecule has 17 N–H and O–H groups in total. The number of carbonyl (C=O) groups is 8. The van der Waals surface area contributed by atoms with Crippen molar-refractivity contribution < 1.29 is 49.2 Å². The van der Waals surface area contributed by atoms with Crippen LogP contribution in [-0.4, -0.2) is 108 Å². The zero-order valence-electron chi connectivity index (χ0n) is 34.4. The van der Waals surface area contributed by atoms with Crippen LogP contribution in [-0.2, 0) is 38.4 Å². The van der Waals surface area contributed by atoms with Gasteiger partial charge in [0.15, 0.2) is 6.04 Å². The predicted molar refractivity (Wildman–Crippen MR) is 208 cm³/mol. The molecular formula is C36H70N11O9+. The van der Waals surface area contributed by atoms with Gasteiger partial charge in [0.05, 0.1) is 6.54 Å². The summed E-state index contributed by atoms with van der Waals surface area (Å²) in [6.45, 7) is 14.2. The minimum absolute atomic E-state index is 0.00570. The monoisotopic (exact) mass is 801 g/mol. The highest BCUT2D eigenvalue weighted by atomic mass is 16.4. The van der Waals surface area contributed by atoms with Crippen LogP contribution in [0.1, 0.15) is 100 Å². The lowest BCUT2D eigenvalue weighted by Gasteiger charge is -2.29. The summed E-state index contributed by atoms with van der Waals surface area (Å²) in [7, 11) is 0. The molecule has 7 amide bonds. The first-order valence-corrected chi connectivity index (χ1v) is 19.3. The Balaban J connectivity index is 5.93. The Labute approximate surface area is 330 Å². The summed E-state index contributed by atoms with van der Waals surface area (Å²) in [6.07, 6.45) is 0.287. The number of carbonyl (C=O) groups excluding carboxylic acids is 7. The number of hydrogen-bond acceptors (Lipinski definition) is 11. The SMILES string of the molecule is CC(C)C[C@H](NC(=O)CNC(=O)[C@H](CC(C)C)NC(=O)[C@@H](NC(=O)[C@H](CC(C)C)NC(=O)[C@H](CCC(N)=O)NC(=O)[C@@H]([NH3+])CCCNC(N)N)C(C)C)C(=O)O. The van der Waals surface area contributed by atoms with E-state index in [4.69, 9.17) is 17.2 Å². The highest BCUT2D eigenvalue weighted by Crippen LogP contribution is 2.12. The molecule has 0 rings (SSSR count). The van der Waals surface area contributed by atoms with Gasteiger partial charge in [0.2, 0.25) is 35.4 Å². The third-order valence-electron chi connectivity index (χ3n) is 8.48. The van der Waals surface area contributed by atoms with Gasteiger partial charge in [-0.25, -0.2) is 4.79 Å². The summed E-state index contributed by atoms with van der Waals surface area (Å²) in [5, 5.41) is 27.7. The molecule has 0 aliphatic heterocycles. The van der Waals surface area contributed by atoms with Crippen LogP contribution in [0.4, 0.5) is 0 Å². The van der Waals surface area contributed by atoms with Gasteiger partial charge in [-0.15, -0.1) is 0 Å². The fourth-order valence-corrected chi connectivity index (χ4v) is 5.55. The van der Waals surface area contributed by atoms with Gasteiger partial charge in [0.1, 0.15) is 36.5 Å². The first-order chi connectivity index (χ1) is 25.9. The summed E-state index contributed by atoms with van der Waals surface area (Å²) < 4.78 is 0. The van der Waals surface area contributed by atoms with Crippen LogP contribution in [0, 0.1) is 23.7 Å². The minimum Gasteiger partial charge on any atom is -0.480 e. The van der Waals surface area contributed by atoms with E-state index >= 15 is 0 Å². The first-order valence-electron chi connectivity index (χ1n) is 19.3. The maximum absolute atomic E-state index is 13.8. The van der Waals surface area contributed by atoms with E-state index in [1.807, 2.05) is 41.5 Å². The molecular weight excluding hydrogens is 730 g/mol. The standard InChI is InChI=1S/C36H69N11O9/c1-18(2)14-24(31(51)42-17-28(49)43-26(35(55)56)16-20(5)6)46-34(54)29(21(7)8)47-33(53)25(15-19(3)4)45-32(52)23(11-12-27(38)48)44-30(50)22(37)10-9-13-41-36(39)40/h18-26,29,36,41H,9-17,37,39-40H2,1-8H3,(H2,38,48)(H,42,51)(H,43,49)(H,44,50)(H,45,52)(H,46,54)(H,47,53)(H,55,56)/p+1/t22-,23-,24-,25-,26-,29-/m0/s1. The van der Waals surface area contributed by atoms with Crippen molar-refractivity contribution in [1.82, 2.24) is 37.2 Å². The summed E-state index contributed by atoms with van der Waals surface area (Å²) in [4.78, 5) is 103. The summed E-state index contributed by atoms with van der Waals surface area (Å²) in [6, 6.07) is -6.55. The maximum Gasteiger partial charge on any atom is 0.326 e. The van der Waals surface area contributed by atoms with Crippen molar-refractivity contribution in [1.29, 1.82) is 0 Å². The summed E-state index contributed by atoms with van der Waals surface area (Å²) in [5.74, 6) is -6.64. The van der Waals surface area contributed by atoms with Crippen molar-refractivity contribution in [2.45, 2.75) is 143 Å². The highest BCUT2D eigenvalue weighted by Gasteiger charge is 2.34. The Morgan fingerprint density at radius 2 is 1.09 bits per heavy atom. The number of rotatable bonds is 28. The molecule has 0 aliphatic rings. The second kappa shape index (κ2) is 26.5. The van der Waals surface area contributed by atoms with Gasteiger partial charge in [-0.3, -0.25) is 38.9 Å². The zero-order valence-corrected chi connectivity index (χ0v) is 34.4. The molecule has 0 aromatic rings. The van der Waals surface area contributed by atoms with Crippen molar-refractivity contribution in [3.05, 3.63) is 0 Å². The topological polar surface area (TPSA) is 347 Å². The van der Waals surface area contributed by atoms with E-state index in [-0.39, 0.29) is 49.9 Å². The number of nitrogens with one attached hydrogen (secondary N) is 7. The molecule has 0 saturated heterocycles. The number of hydrogen-bond donors (Lipinski definition) is 12. The Hall–Kier alpha value is -4.40. The summed E-state index contributed by atoms with van der Waals surface area (Å²) >= 11 is 0. The molecule has 0 bridgehead atoms. The van der Waals surface area contributed by atoms with E-state index in [0.717, 1.165) is 0 Å². The lowest BCUT2D eigenvalue weighted by molar-refractivity contribution is -0.405. The average molecular weight is 801 g/mol. The molecule has 0 saturated carbocycles. The Kier molecular flexibility index (Phi) is 24.4. The van der Waals surface area contributed by atoms with Crippen LogP contribution < -0.4 is 60.2 Å². The quantitative estimate of drug-likeness (QED) is 0.0276. The van der Waals surface area contributed by atoms with Gasteiger partial charge in [0, 0.05) is 12.8 Å². The molecule has 0 aromatic carbocycles. The molecule has 0 heterocycles. The van der Waals surface area contributed by atoms with Gasteiger partial charge >= 0.3 is 5.97 Å². The molecule has 6 atom stereocenters. The van der Waals surface area contributed by atoms with E-state index in [2.05, 4.69) is 43.0 Å². The number of carboxylic acids is 1.